The molecule has 0 spiro atoms. The minimum atomic E-state index is -0.153. The molecule has 1 atom stereocenters. The summed E-state index contributed by atoms with van der Waals surface area (Å²) >= 11 is 0. The Hall–Kier alpha value is -0.284. The van der Waals surface area contributed by atoms with Gasteiger partial charge in [0.15, 0.2) is 0 Å². The van der Waals surface area contributed by atoms with Crippen LogP contribution in [0.25, 0.3) is 5.32 Å². The largest absolute Gasteiger partial charge is 1.00 e. The van der Waals surface area contributed by atoms with E-state index in [1.807, 2.05) is 12.1 Å². The average molecular weight is 419 g/mol. The maximum absolute atomic E-state index is 9.17. The summed E-state index contributed by atoms with van der Waals surface area (Å²) < 4.78 is 5.13. The first-order valence-corrected chi connectivity index (χ1v) is 10.4. The standard InChI is InChI=1S/C18H20N3.C5H11NO.K/c1-21-16(12-20)10-17-6-8-18(13-17,9-7-17)15-4-2-14(11-19)3-5-15;1-2-6-3-5-7-4-1;/h2-5,16H,6-10,13H2,1H3;6H,1-5H2;/q-1;;+1. The molecule has 5 nitrogen and oxygen atoms in total. The van der Waals surface area contributed by atoms with E-state index >= 15 is 0 Å². The fourth-order valence-corrected chi connectivity index (χ4v) is 5.17. The Labute approximate surface area is 218 Å². The van der Waals surface area contributed by atoms with E-state index in [0.29, 0.717) is 5.41 Å². The molecule has 1 aliphatic heterocycles. The molecule has 0 aromatic heterocycles. The predicted molar refractivity (Wildman–Crippen MR) is 110 cm³/mol. The van der Waals surface area contributed by atoms with Gasteiger partial charge in [-0.3, -0.25) is 0 Å². The van der Waals surface area contributed by atoms with Gasteiger partial charge in [0.1, 0.15) is 0 Å². The Bertz CT molecular complexity index is 694. The average Bonchev–Trinajstić information content (AvgIpc) is 3.14. The number of nitrogens with one attached hydrogen (secondary N) is 1. The summed E-state index contributed by atoms with van der Waals surface area (Å²) in [5, 5.41) is 25.5. The van der Waals surface area contributed by atoms with Crippen LogP contribution < -0.4 is 56.7 Å². The van der Waals surface area contributed by atoms with Crippen LogP contribution in [0, 0.1) is 28.1 Å². The van der Waals surface area contributed by atoms with Gasteiger partial charge in [-0.05, 0) is 79.6 Å². The Morgan fingerprint density at radius 1 is 1.10 bits per heavy atom. The van der Waals surface area contributed by atoms with Crippen molar-refractivity contribution in [2.75, 3.05) is 33.4 Å². The first-order chi connectivity index (χ1) is 13.7. The first-order valence-electron chi connectivity index (χ1n) is 10.4. The number of ether oxygens (including phenoxy) is 1. The zero-order valence-corrected chi connectivity index (χ0v) is 21.0. The smallest absolute Gasteiger partial charge is 0.650 e. The van der Waals surface area contributed by atoms with E-state index in [0.717, 1.165) is 38.3 Å². The first kappa shape index (κ1) is 25.0. The third kappa shape index (κ3) is 6.35. The topological polar surface area (TPSA) is 82.9 Å². The Morgan fingerprint density at radius 3 is 2.45 bits per heavy atom. The quantitative estimate of drug-likeness (QED) is 0.741. The molecule has 150 valence electrons. The van der Waals surface area contributed by atoms with Crippen LogP contribution in [0.3, 0.4) is 0 Å². The molecule has 1 aromatic rings. The van der Waals surface area contributed by atoms with Crippen molar-refractivity contribution in [3.05, 3.63) is 40.7 Å². The SMILES string of the molecule is C1CNCCOC1.C[N-]C(C#N)CC12CCC(c3ccc(C#N)cc3)(CC1)C2.[K+]. The summed E-state index contributed by atoms with van der Waals surface area (Å²) in [5.74, 6) is 0. The molecule has 0 amide bonds. The zero-order chi connectivity index (χ0) is 19.9. The van der Waals surface area contributed by atoms with Crippen LogP contribution in [0.2, 0.25) is 0 Å². The van der Waals surface area contributed by atoms with Crippen molar-refractivity contribution in [2.45, 2.75) is 56.4 Å². The van der Waals surface area contributed by atoms with Gasteiger partial charge in [-0.2, -0.15) is 17.6 Å². The summed E-state index contributed by atoms with van der Waals surface area (Å²) in [6.07, 6.45) is 8.10. The van der Waals surface area contributed by atoms with Crippen molar-refractivity contribution in [3.8, 4) is 12.1 Å². The predicted octanol–water partition coefficient (Wildman–Crippen LogP) is 1.05. The van der Waals surface area contributed by atoms with E-state index in [9.17, 15) is 5.26 Å². The monoisotopic (exact) mass is 418 g/mol. The second-order valence-electron chi connectivity index (χ2n) is 8.47. The van der Waals surface area contributed by atoms with Gasteiger partial charge >= 0.3 is 51.4 Å². The molecule has 2 aliphatic carbocycles. The normalized spacial score (nSPS) is 28.7. The molecular formula is C23H31KN4O. The molecule has 1 aromatic carbocycles. The van der Waals surface area contributed by atoms with Crippen molar-refractivity contribution >= 4 is 0 Å². The van der Waals surface area contributed by atoms with Gasteiger partial charge in [0.2, 0.25) is 0 Å². The van der Waals surface area contributed by atoms with Crippen molar-refractivity contribution in [2.24, 2.45) is 5.41 Å². The van der Waals surface area contributed by atoms with Crippen LogP contribution in [-0.2, 0) is 10.2 Å². The van der Waals surface area contributed by atoms with Crippen LogP contribution in [-0.4, -0.2) is 39.4 Å². The molecule has 1 unspecified atom stereocenters. The minimum Gasteiger partial charge on any atom is -0.650 e. The van der Waals surface area contributed by atoms with Crippen molar-refractivity contribution < 1.29 is 56.1 Å². The van der Waals surface area contributed by atoms with E-state index in [1.165, 1.54) is 44.1 Å². The maximum Gasteiger partial charge on any atom is 1.00 e. The Balaban J connectivity index is 0.000000319. The fraction of sp³-hybridized carbons (Fsp3) is 0.652. The summed E-state index contributed by atoms with van der Waals surface area (Å²) in [5.41, 5.74) is 2.70. The maximum atomic E-state index is 9.17. The summed E-state index contributed by atoms with van der Waals surface area (Å²) in [6.45, 7) is 3.98. The third-order valence-corrected chi connectivity index (χ3v) is 6.76. The molecule has 2 bridgehead atoms. The van der Waals surface area contributed by atoms with Gasteiger partial charge in [0, 0.05) is 19.2 Å². The molecule has 1 heterocycles. The summed E-state index contributed by atoms with van der Waals surface area (Å²) in [7, 11) is 1.75. The fourth-order valence-electron chi connectivity index (χ4n) is 5.17. The van der Waals surface area contributed by atoms with Crippen molar-refractivity contribution in [1.82, 2.24) is 5.32 Å². The van der Waals surface area contributed by atoms with Crippen LogP contribution in [0.1, 0.15) is 56.1 Å². The van der Waals surface area contributed by atoms with E-state index in [4.69, 9.17) is 10.00 Å². The van der Waals surface area contributed by atoms with Gasteiger partial charge in [-0.1, -0.05) is 18.6 Å². The van der Waals surface area contributed by atoms with Crippen molar-refractivity contribution in [3.63, 3.8) is 0 Å². The second-order valence-corrected chi connectivity index (χ2v) is 8.47. The molecule has 29 heavy (non-hydrogen) atoms. The van der Waals surface area contributed by atoms with Crippen LogP contribution >= 0.6 is 0 Å². The number of nitrogens with zero attached hydrogens (tertiary/aromatic N) is 3. The van der Waals surface area contributed by atoms with Crippen LogP contribution in [0.5, 0.6) is 0 Å². The summed E-state index contributed by atoms with van der Waals surface area (Å²) in [6, 6.07) is 12.5. The van der Waals surface area contributed by atoms with E-state index < -0.39 is 0 Å². The molecule has 0 radical (unpaired) electrons. The van der Waals surface area contributed by atoms with Crippen LogP contribution in [0.15, 0.2) is 24.3 Å². The molecule has 4 rings (SSSR count). The van der Waals surface area contributed by atoms with E-state index in [1.54, 1.807) is 7.05 Å². The zero-order valence-electron chi connectivity index (χ0n) is 17.9. The number of hydrogen-bond donors (Lipinski definition) is 1. The molecule has 1 N–H and O–H groups in total. The van der Waals surface area contributed by atoms with Gasteiger partial charge in [-0.15, -0.1) is 0 Å². The number of nitriles is 2. The molecule has 6 heteroatoms. The number of fused-ring (bicyclic) bond motifs is 2. The van der Waals surface area contributed by atoms with Gasteiger partial charge in [-0.25, -0.2) is 0 Å². The second kappa shape index (κ2) is 11.9. The van der Waals surface area contributed by atoms with E-state index in [2.05, 4.69) is 34.9 Å². The molecular weight excluding hydrogens is 387 g/mol. The van der Waals surface area contributed by atoms with E-state index in [-0.39, 0.29) is 62.8 Å². The third-order valence-electron chi connectivity index (χ3n) is 6.76. The molecule has 3 aliphatic rings. The Morgan fingerprint density at radius 2 is 1.83 bits per heavy atom. The van der Waals surface area contributed by atoms with Gasteiger partial charge in [0.25, 0.3) is 0 Å². The van der Waals surface area contributed by atoms with Gasteiger partial charge in [0.05, 0.1) is 18.2 Å². The number of rotatable bonds is 4. The molecule has 2 saturated carbocycles. The summed E-state index contributed by atoms with van der Waals surface area (Å²) in [4.78, 5) is 0. The number of hydrogen-bond acceptors (Lipinski definition) is 4. The molecule has 1 saturated heterocycles. The van der Waals surface area contributed by atoms with Crippen molar-refractivity contribution in [1.29, 1.82) is 10.5 Å². The van der Waals surface area contributed by atoms with Crippen LogP contribution in [0.4, 0.5) is 0 Å². The van der Waals surface area contributed by atoms with Gasteiger partial charge < -0.3 is 15.4 Å². The number of benzene rings is 1. The Kier molecular flexibility index (Phi) is 10.3. The molecule has 3 fully saturated rings. The minimum absolute atomic E-state index is 0.